The van der Waals surface area contributed by atoms with Crippen LogP contribution in [0.3, 0.4) is 0 Å². The fourth-order valence-electron chi connectivity index (χ4n) is 7.08. The monoisotopic (exact) mass is 525 g/mol. The molecule has 7 rings (SSSR count). The summed E-state index contributed by atoms with van der Waals surface area (Å²) in [6.45, 7) is 2.03. The Hall–Kier alpha value is -4.77. The zero-order valence-electron chi connectivity index (χ0n) is 22.2. The molecule has 5 heteroatoms. The van der Waals surface area contributed by atoms with Crippen LogP contribution >= 0.6 is 0 Å². The number of rotatable bonds is 4. The molecule has 1 aliphatic carbocycles. The molecule has 0 aromatic heterocycles. The van der Waals surface area contributed by atoms with Crippen LogP contribution in [0.15, 0.2) is 103 Å². The van der Waals surface area contributed by atoms with Gasteiger partial charge in [0.15, 0.2) is 17.3 Å². The number of benzene rings is 4. The minimum atomic E-state index is -1.52. The van der Waals surface area contributed by atoms with Crippen molar-refractivity contribution in [2.24, 2.45) is 5.41 Å². The van der Waals surface area contributed by atoms with Gasteiger partial charge in [-0.05, 0) is 42.3 Å². The van der Waals surface area contributed by atoms with Crippen LogP contribution in [0.5, 0.6) is 5.75 Å². The zero-order valence-corrected chi connectivity index (χ0v) is 22.2. The Morgan fingerprint density at radius 1 is 0.825 bits per heavy atom. The van der Waals surface area contributed by atoms with Crippen molar-refractivity contribution in [3.05, 3.63) is 137 Å². The summed E-state index contributed by atoms with van der Waals surface area (Å²) < 4.78 is 5.57. The summed E-state index contributed by atoms with van der Waals surface area (Å²) in [5, 5.41) is 0. The molecule has 2 heterocycles. The van der Waals surface area contributed by atoms with E-state index in [1.165, 1.54) is 0 Å². The molecule has 5 nitrogen and oxygen atoms in total. The van der Waals surface area contributed by atoms with Gasteiger partial charge in [-0.1, -0.05) is 90.5 Å². The average Bonchev–Trinajstić information content (AvgIpc) is 3.43. The molecule has 196 valence electrons. The number of hydrogen-bond donors (Lipinski definition) is 0. The number of aryl methyl sites for hydroxylation is 1. The van der Waals surface area contributed by atoms with Gasteiger partial charge in [0.2, 0.25) is 0 Å². The summed E-state index contributed by atoms with van der Waals surface area (Å²) in [6.07, 6.45) is 3.95. The van der Waals surface area contributed by atoms with Gasteiger partial charge in [0.25, 0.3) is 0 Å². The van der Waals surface area contributed by atoms with Gasteiger partial charge >= 0.3 is 0 Å². The van der Waals surface area contributed by atoms with Crippen LogP contribution in [-0.2, 0) is 0 Å². The summed E-state index contributed by atoms with van der Waals surface area (Å²) in [5.41, 5.74) is 3.45. The number of hydrogen-bond acceptors (Lipinski definition) is 5. The second kappa shape index (κ2) is 8.88. The highest BCUT2D eigenvalue weighted by molar-refractivity contribution is 6.32. The van der Waals surface area contributed by atoms with Gasteiger partial charge < -0.3 is 9.64 Å². The molecule has 0 saturated carbocycles. The SMILES string of the molecule is COc1cccc([C@@H]2[C@@H](C(=O)c3ccccc3)N3c4ccc(C)cc4C=CC3C23C(=O)c2ccccc2C3=O)c1. The highest BCUT2D eigenvalue weighted by Crippen LogP contribution is 2.61. The molecule has 4 aromatic carbocycles. The standard InChI is InChI=1S/C35H27NO4/c1-21-15-17-28-23(19-21)16-18-29-35(33(38)26-13-6-7-14-27(26)34(35)39)30(24-11-8-12-25(20-24)40-2)31(36(28)29)32(37)22-9-4-3-5-10-22/h3-20,29-31H,1-2H3/t29?,30-,31+/m1/s1. The third kappa shape index (κ3) is 3.18. The first kappa shape index (κ1) is 24.3. The number of Topliss-reactive ketones (excluding diaryl/α,β-unsaturated/α-hetero) is 3. The van der Waals surface area contributed by atoms with Gasteiger partial charge in [-0.25, -0.2) is 0 Å². The minimum absolute atomic E-state index is 0.131. The summed E-state index contributed by atoms with van der Waals surface area (Å²) in [4.78, 5) is 46.0. The molecule has 0 amide bonds. The molecule has 1 saturated heterocycles. The molecule has 1 unspecified atom stereocenters. The molecule has 1 fully saturated rings. The summed E-state index contributed by atoms with van der Waals surface area (Å²) >= 11 is 0. The third-order valence-electron chi connectivity index (χ3n) is 8.74. The quantitative estimate of drug-likeness (QED) is 0.231. The van der Waals surface area contributed by atoms with E-state index < -0.39 is 23.4 Å². The Morgan fingerprint density at radius 2 is 1.52 bits per heavy atom. The molecular weight excluding hydrogens is 498 g/mol. The van der Waals surface area contributed by atoms with Gasteiger partial charge in [-0.2, -0.15) is 0 Å². The van der Waals surface area contributed by atoms with E-state index in [1.54, 1.807) is 43.5 Å². The third-order valence-corrected chi connectivity index (χ3v) is 8.74. The molecule has 40 heavy (non-hydrogen) atoms. The Balaban J connectivity index is 1.56. The number of ketones is 3. The number of fused-ring (bicyclic) bond motifs is 5. The van der Waals surface area contributed by atoms with Crippen LogP contribution in [0.2, 0.25) is 0 Å². The smallest absolute Gasteiger partial charge is 0.185 e. The Morgan fingerprint density at radius 3 is 2.23 bits per heavy atom. The van der Waals surface area contributed by atoms with Crippen LogP contribution in [0, 0.1) is 12.3 Å². The van der Waals surface area contributed by atoms with E-state index in [0.717, 1.165) is 22.4 Å². The van der Waals surface area contributed by atoms with E-state index in [4.69, 9.17) is 4.74 Å². The van der Waals surface area contributed by atoms with Crippen molar-refractivity contribution >= 4 is 29.1 Å². The first-order valence-corrected chi connectivity index (χ1v) is 13.5. The van der Waals surface area contributed by atoms with Crippen LogP contribution < -0.4 is 9.64 Å². The van der Waals surface area contributed by atoms with Crippen LogP contribution in [0.25, 0.3) is 6.08 Å². The highest BCUT2D eigenvalue weighted by Gasteiger charge is 2.71. The topological polar surface area (TPSA) is 63.7 Å². The Bertz CT molecular complexity index is 1700. The van der Waals surface area contributed by atoms with Crippen LogP contribution in [-0.4, -0.2) is 36.5 Å². The largest absolute Gasteiger partial charge is 0.497 e. The number of carbonyl (C=O) groups is 3. The van der Waals surface area contributed by atoms with Crippen molar-refractivity contribution in [3.63, 3.8) is 0 Å². The maximum Gasteiger partial charge on any atom is 0.185 e. The lowest BCUT2D eigenvalue weighted by Gasteiger charge is -2.37. The van der Waals surface area contributed by atoms with Crippen molar-refractivity contribution in [2.45, 2.75) is 24.9 Å². The lowest BCUT2D eigenvalue weighted by molar-refractivity contribution is 0.0665. The van der Waals surface area contributed by atoms with E-state index in [-0.39, 0.29) is 17.3 Å². The summed E-state index contributed by atoms with van der Waals surface area (Å²) in [6, 6.07) is 28.3. The second-order valence-corrected chi connectivity index (χ2v) is 10.8. The molecule has 3 atom stereocenters. The molecule has 0 bridgehead atoms. The van der Waals surface area contributed by atoms with Gasteiger partial charge in [0, 0.05) is 28.3 Å². The molecule has 2 aliphatic heterocycles. The van der Waals surface area contributed by atoms with Crippen molar-refractivity contribution < 1.29 is 19.1 Å². The predicted octanol–water partition coefficient (Wildman–Crippen LogP) is 6.32. The fraction of sp³-hybridized carbons (Fsp3) is 0.171. The first-order valence-electron chi connectivity index (χ1n) is 13.5. The van der Waals surface area contributed by atoms with E-state index in [9.17, 15) is 14.4 Å². The van der Waals surface area contributed by atoms with Crippen molar-refractivity contribution in [1.29, 1.82) is 0 Å². The van der Waals surface area contributed by atoms with Gasteiger partial charge in [-0.15, -0.1) is 0 Å². The predicted molar refractivity (Wildman–Crippen MR) is 154 cm³/mol. The summed E-state index contributed by atoms with van der Waals surface area (Å²) in [7, 11) is 1.59. The number of methoxy groups -OCH3 is 1. The second-order valence-electron chi connectivity index (χ2n) is 10.8. The fourth-order valence-corrected chi connectivity index (χ4v) is 7.08. The van der Waals surface area contributed by atoms with E-state index >= 15 is 0 Å². The number of anilines is 1. The van der Waals surface area contributed by atoms with Crippen molar-refractivity contribution in [2.75, 3.05) is 12.0 Å². The van der Waals surface area contributed by atoms with Gasteiger partial charge in [-0.3, -0.25) is 14.4 Å². The lowest BCUT2D eigenvalue weighted by Crippen LogP contribution is -2.48. The first-order chi connectivity index (χ1) is 19.5. The molecule has 0 N–H and O–H groups in total. The van der Waals surface area contributed by atoms with E-state index in [2.05, 4.69) is 6.07 Å². The normalized spacial score (nSPS) is 21.8. The van der Waals surface area contributed by atoms with Gasteiger partial charge in [0.1, 0.15) is 17.2 Å². The Kier molecular flexibility index (Phi) is 5.39. The van der Waals surface area contributed by atoms with Crippen LogP contribution in [0.4, 0.5) is 5.69 Å². The number of nitrogens with zero attached hydrogens (tertiary/aromatic N) is 1. The van der Waals surface area contributed by atoms with Crippen molar-refractivity contribution in [3.8, 4) is 5.75 Å². The van der Waals surface area contributed by atoms with Crippen molar-refractivity contribution in [1.82, 2.24) is 0 Å². The highest BCUT2D eigenvalue weighted by atomic mass is 16.5. The lowest BCUT2D eigenvalue weighted by atomic mass is 9.64. The molecule has 3 aliphatic rings. The molecule has 0 radical (unpaired) electrons. The average molecular weight is 526 g/mol. The maximum atomic E-state index is 14.7. The molecule has 4 aromatic rings. The molecule has 1 spiro atoms. The number of ether oxygens (including phenoxy) is 1. The van der Waals surface area contributed by atoms with E-state index in [1.807, 2.05) is 78.6 Å². The van der Waals surface area contributed by atoms with Gasteiger partial charge in [0.05, 0.1) is 13.2 Å². The van der Waals surface area contributed by atoms with E-state index in [0.29, 0.717) is 22.4 Å². The number of carbonyl (C=O) groups excluding carboxylic acids is 3. The van der Waals surface area contributed by atoms with Crippen LogP contribution in [0.1, 0.15) is 53.7 Å². The Labute approximate surface area is 232 Å². The molecular formula is C35H27NO4. The zero-order chi connectivity index (χ0) is 27.6. The minimum Gasteiger partial charge on any atom is -0.497 e. The maximum absolute atomic E-state index is 14.7. The summed E-state index contributed by atoms with van der Waals surface area (Å²) in [5.74, 6) is -0.761.